The molecule has 0 saturated carbocycles. The van der Waals surface area contributed by atoms with E-state index < -0.39 is 0 Å². The second-order valence-corrected chi connectivity index (χ2v) is 8.44. The van der Waals surface area contributed by atoms with E-state index in [1.54, 1.807) is 18.5 Å². The Morgan fingerprint density at radius 1 is 1.23 bits per heavy atom. The molecule has 1 unspecified atom stereocenters. The Labute approximate surface area is 177 Å². The molecule has 7 heteroatoms. The highest BCUT2D eigenvalue weighted by atomic mass is 32.1. The van der Waals surface area contributed by atoms with Crippen molar-refractivity contribution in [2.45, 2.75) is 26.1 Å². The SMILES string of the molecule is C=CC(=O)N1Cc2c(-c3ccncc3)c(-c3ccc4cc(F)sc4c3)nn2CC1C. The molecule has 0 radical (unpaired) electrons. The molecular weight excluding hydrogens is 399 g/mol. The third kappa shape index (κ3) is 3.02. The normalized spacial score (nSPS) is 15.9. The van der Waals surface area contributed by atoms with Crippen molar-refractivity contribution in [3.05, 3.63) is 72.3 Å². The fourth-order valence-electron chi connectivity index (χ4n) is 4.06. The predicted molar refractivity (Wildman–Crippen MR) is 116 cm³/mol. The Morgan fingerprint density at radius 2 is 2.03 bits per heavy atom. The Kier molecular flexibility index (Phi) is 4.47. The number of amides is 1. The van der Waals surface area contributed by atoms with Crippen LogP contribution in [0.3, 0.4) is 0 Å². The molecule has 1 aliphatic rings. The van der Waals surface area contributed by atoms with Crippen LogP contribution in [-0.2, 0) is 17.9 Å². The summed E-state index contributed by atoms with van der Waals surface area (Å²) in [7, 11) is 0. The minimum absolute atomic E-state index is 0.00918. The number of rotatable bonds is 3. The first-order chi connectivity index (χ1) is 14.5. The van der Waals surface area contributed by atoms with Gasteiger partial charge in [0.05, 0.1) is 18.8 Å². The van der Waals surface area contributed by atoms with Crippen molar-refractivity contribution < 1.29 is 9.18 Å². The van der Waals surface area contributed by atoms with Crippen LogP contribution < -0.4 is 0 Å². The molecule has 0 N–H and O–H groups in total. The average molecular weight is 418 g/mol. The van der Waals surface area contributed by atoms with Crippen LogP contribution in [-0.4, -0.2) is 31.6 Å². The molecule has 0 fully saturated rings. The van der Waals surface area contributed by atoms with E-state index in [0.717, 1.165) is 49.5 Å². The zero-order chi connectivity index (χ0) is 20.8. The molecule has 150 valence electrons. The maximum Gasteiger partial charge on any atom is 0.246 e. The van der Waals surface area contributed by atoms with E-state index >= 15 is 0 Å². The van der Waals surface area contributed by atoms with E-state index in [1.165, 1.54) is 6.08 Å². The first kappa shape index (κ1) is 18.7. The van der Waals surface area contributed by atoms with Gasteiger partial charge in [-0.1, -0.05) is 18.7 Å². The van der Waals surface area contributed by atoms with Crippen LogP contribution in [0.2, 0.25) is 0 Å². The van der Waals surface area contributed by atoms with Gasteiger partial charge >= 0.3 is 0 Å². The van der Waals surface area contributed by atoms with Crippen molar-refractivity contribution in [1.29, 1.82) is 0 Å². The van der Waals surface area contributed by atoms with Crippen LogP contribution in [0.5, 0.6) is 0 Å². The highest BCUT2D eigenvalue weighted by molar-refractivity contribution is 7.17. The molecule has 1 amide bonds. The van der Waals surface area contributed by atoms with Crippen molar-refractivity contribution >= 4 is 27.3 Å². The molecule has 0 aliphatic carbocycles. The van der Waals surface area contributed by atoms with Gasteiger partial charge in [0.15, 0.2) is 5.13 Å². The zero-order valence-corrected chi connectivity index (χ0v) is 17.2. The van der Waals surface area contributed by atoms with E-state index in [1.807, 2.05) is 46.8 Å². The van der Waals surface area contributed by atoms with E-state index in [9.17, 15) is 9.18 Å². The van der Waals surface area contributed by atoms with Crippen molar-refractivity contribution in [3.63, 3.8) is 0 Å². The number of halogens is 1. The lowest BCUT2D eigenvalue weighted by Crippen LogP contribution is -2.44. The summed E-state index contributed by atoms with van der Waals surface area (Å²) in [6.45, 7) is 6.70. The van der Waals surface area contributed by atoms with Gasteiger partial charge in [-0.3, -0.25) is 14.5 Å². The van der Waals surface area contributed by atoms with Gasteiger partial charge < -0.3 is 4.90 Å². The standard InChI is InChI=1S/C23H19FN4OS/c1-3-21(29)27-13-18-22(15-6-8-25-9-7-15)23(26-28(18)12-14(27)2)17-5-4-16-11-20(24)30-19(16)10-17/h3-11,14H,1,12-13H2,2H3. The van der Waals surface area contributed by atoms with E-state index in [4.69, 9.17) is 5.10 Å². The number of benzene rings is 1. The Morgan fingerprint density at radius 3 is 2.80 bits per heavy atom. The van der Waals surface area contributed by atoms with Crippen molar-refractivity contribution in [2.24, 2.45) is 0 Å². The second-order valence-electron chi connectivity index (χ2n) is 7.41. The topological polar surface area (TPSA) is 51.0 Å². The number of thiophene rings is 1. The summed E-state index contributed by atoms with van der Waals surface area (Å²) in [6, 6.07) is 11.3. The Balaban J connectivity index is 1.71. The summed E-state index contributed by atoms with van der Waals surface area (Å²) in [5.74, 6) is -0.0901. The van der Waals surface area contributed by atoms with E-state index in [0.29, 0.717) is 13.1 Å². The number of pyridine rings is 1. The quantitative estimate of drug-likeness (QED) is 0.446. The number of fused-ring (bicyclic) bond motifs is 2. The Bertz CT molecular complexity index is 1280. The number of nitrogens with zero attached hydrogens (tertiary/aromatic N) is 4. The molecule has 0 bridgehead atoms. The molecule has 3 aromatic heterocycles. The molecule has 30 heavy (non-hydrogen) atoms. The first-order valence-corrected chi connectivity index (χ1v) is 10.5. The minimum Gasteiger partial charge on any atom is -0.329 e. The Hall–Kier alpha value is -3.32. The highest BCUT2D eigenvalue weighted by Crippen LogP contribution is 2.39. The van der Waals surface area contributed by atoms with Gasteiger partial charge in [-0.05, 0) is 48.2 Å². The van der Waals surface area contributed by atoms with E-state index in [-0.39, 0.29) is 17.1 Å². The monoisotopic (exact) mass is 418 g/mol. The maximum absolute atomic E-state index is 13.7. The second kappa shape index (κ2) is 7.18. The van der Waals surface area contributed by atoms with Crippen LogP contribution in [0.15, 0.2) is 61.4 Å². The van der Waals surface area contributed by atoms with Crippen LogP contribution in [0.25, 0.3) is 32.5 Å². The molecule has 1 atom stereocenters. The largest absolute Gasteiger partial charge is 0.329 e. The summed E-state index contributed by atoms with van der Waals surface area (Å²) in [5, 5.41) is 5.60. The average Bonchev–Trinajstić information content (AvgIpc) is 3.31. The maximum atomic E-state index is 13.7. The van der Waals surface area contributed by atoms with Gasteiger partial charge in [-0.2, -0.15) is 9.49 Å². The summed E-state index contributed by atoms with van der Waals surface area (Å²) < 4.78 is 16.6. The van der Waals surface area contributed by atoms with Crippen LogP contribution >= 0.6 is 11.3 Å². The minimum atomic E-state index is -0.201. The number of aromatic nitrogens is 3. The van der Waals surface area contributed by atoms with Gasteiger partial charge in [0.25, 0.3) is 0 Å². The van der Waals surface area contributed by atoms with Crippen molar-refractivity contribution in [1.82, 2.24) is 19.7 Å². The van der Waals surface area contributed by atoms with Crippen LogP contribution in [0.1, 0.15) is 12.6 Å². The molecule has 1 aliphatic heterocycles. The number of carbonyl (C=O) groups is 1. The fourth-order valence-corrected chi connectivity index (χ4v) is 4.88. The number of carbonyl (C=O) groups excluding carboxylic acids is 1. The predicted octanol–water partition coefficient (Wildman–Crippen LogP) is 4.88. The number of hydrogen-bond acceptors (Lipinski definition) is 4. The third-order valence-electron chi connectivity index (χ3n) is 5.54. The van der Waals surface area contributed by atoms with Crippen LogP contribution in [0, 0.1) is 5.13 Å². The third-order valence-corrected chi connectivity index (χ3v) is 6.42. The lowest BCUT2D eigenvalue weighted by molar-refractivity contribution is -0.129. The molecule has 5 rings (SSSR count). The van der Waals surface area contributed by atoms with Gasteiger partial charge in [-0.25, -0.2) is 0 Å². The highest BCUT2D eigenvalue weighted by Gasteiger charge is 2.31. The smallest absolute Gasteiger partial charge is 0.246 e. The first-order valence-electron chi connectivity index (χ1n) is 9.67. The summed E-state index contributed by atoms with van der Waals surface area (Å²) >= 11 is 1.13. The molecule has 1 aromatic carbocycles. The zero-order valence-electron chi connectivity index (χ0n) is 16.4. The van der Waals surface area contributed by atoms with Gasteiger partial charge in [0.1, 0.15) is 5.69 Å². The molecule has 4 heterocycles. The molecular formula is C23H19FN4OS. The summed E-state index contributed by atoms with van der Waals surface area (Å²) in [4.78, 5) is 18.3. The van der Waals surface area contributed by atoms with Crippen molar-refractivity contribution in [3.8, 4) is 22.4 Å². The molecule has 0 saturated heterocycles. The molecule has 4 aromatic rings. The molecule has 0 spiro atoms. The summed E-state index contributed by atoms with van der Waals surface area (Å²) in [5.41, 5.74) is 4.68. The summed E-state index contributed by atoms with van der Waals surface area (Å²) in [6.07, 6.45) is 4.85. The van der Waals surface area contributed by atoms with Crippen LogP contribution in [0.4, 0.5) is 4.39 Å². The number of hydrogen-bond donors (Lipinski definition) is 0. The van der Waals surface area contributed by atoms with Gasteiger partial charge in [-0.15, -0.1) is 11.3 Å². The molecule has 5 nitrogen and oxygen atoms in total. The fraction of sp³-hybridized carbons (Fsp3) is 0.174. The van der Waals surface area contributed by atoms with Crippen molar-refractivity contribution in [2.75, 3.05) is 0 Å². The van der Waals surface area contributed by atoms with E-state index in [2.05, 4.69) is 11.6 Å². The van der Waals surface area contributed by atoms with Gasteiger partial charge in [0, 0.05) is 34.3 Å². The van der Waals surface area contributed by atoms with Gasteiger partial charge in [0.2, 0.25) is 5.91 Å². The lowest BCUT2D eigenvalue weighted by atomic mass is 9.98. The lowest BCUT2D eigenvalue weighted by Gasteiger charge is -2.33.